The SMILES string of the molecule is NCc1ccnc(C(=O)Nc2cc(Br)ccc2F)c1. The molecular weight excluding hydrogens is 313 g/mol. The van der Waals surface area contributed by atoms with Crippen molar-refractivity contribution in [1.82, 2.24) is 4.98 Å². The number of benzene rings is 1. The number of hydrogen-bond acceptors (Lipinski definition) is 3. The Bertz CT molecular complexity index is 619. The summed E-state index contributed by atoms with van der Waals surface area (Å²) < 4.78 is 14.2. The Kier molecular flexibility index (Phi) is 4.24. The zero-order valence-electron chi connectivity index (χ0n) is 9.86. The first-order valence-corrected chi connectivity index (χ1v) is 6.31. The highest BCUT2D eigenvalue weighted by Gasteiger charge is 2.11. The number of pyridine rings is 1. The molecule has 0 aliphatic heterocycles. The van der Waals surface area contributed by atoms with Gasteiger partial charge in [-0.15, -0.1) is 0 Å². The predicted molar refractivity (Wildman–Crippen MR) is 74.2 cm³/mol. The summed E-state index contributed by atoms with van der Waals surface area (Å²) >= 11 is 3.22. The summed E-state index contributed by atoms with van der Waals surface area (Å²) in [6.07, 6.45) is 1.49. The molecule has 4 nitrogen and oxygen atoms in total. The summed E-state index contributed by atoms with van der Waals surface area (Å²) in [5.41, 5.74) is 6.57. The van der Waals surface area contributed by atoms with Gasteiger partial charge in [0.25, 0.3) is 5.91 Å². The fourth-order valence-electron chi connectivity index (χ4n) is 1.51. The normalized spacial score (nSPS) is 10.3. The molecule has 19 heavy (non-hydrogen) atoms. The van der Waals surface area contributed by atoms with E-state index in [2.05, 4.69) is 26.2 Å². The molecule has 6 heteroatoms. The topological polar surface area (TPSA) is 68.0 Å². The summed E-state index contributed by atoms with van der Waals surface area (Å²) in [4.78, 5) is 15.9. The van der Waals surface area contributed by atoms with E-state index in [0.29, 0.717) is 11.0 Å². The van der Waals surface area contributed by atoms with Crippen molar-refractivity contribution in [3.8, 4) is 0 Å². The summed E-state index contributed by atoms with van der Waals surface area (Å²) in [6.45, 7) is 0.314. The van der Waals surface area contributed by atoms with Crippen molar-refractivity contribution in [1.29, 1.82) is 0 Å². The number of carbonyl (C=O) groups excluding carboxylic acids is 1. The van der Waals surface area contributed by atoms with Gasteiger partial charge in [0.05, 0.1) is 5.69 Å². The van der Waals surface area contributed by atoms with Gasteiger partial charge in [-0.1, -0.05) is 15.9 Å². The highest BCUT2D eigenvalue weighted by Crippen LogP contribution is 2.20. The van der Waals surface area contributed by atoms with E-state index in [1.54, 1.807) is 18.2 Å². The van der Waals surface area contributed by atoms with E-state index in [-0.39, 0.29) is 11.4 Å². The van der Waals surface area contributed by atoms with E-state index < -0.39 is 11.7 Å². The van der Waals surface area contributed by atoms with Gasteiger partial charge in [-0.25, -0.2) is 4.39 Å². The zero-order chi connectivity index (χ0) is 13.8. The van der Waals surface area contributed by atoms with Crippen LogP contribution in [0.3, 0.4) is 0 Å². The van der Waals surface area contributed by atoms with Gasteiger partial charge in [-0.05, 0) is 35.9 Å². The average molecular weight is 324 g/mol. The van der Waals surface area contributed by atoms with Crippen LogP contribution in [0.5, 0.6) is 0 Å². The number of amides is 1. The number of halogens is 2. The monoisotopic (exact) mass is 323 g/mol. The Morgan fingerprint density at radius 1 is 1.37 bits per heavy atom. The van der Waals surface area contributed by atoms with Gasteiger partial charge in [-0.2, -0.15) is 0 Å². The van der Waals surface area contributed by atoms with E-state index in [1.165, 1.54) is 18.3 Å². The minimum absolute atomic E-state index is 0.0966. The first-order valence-electron chi connectivity index (χ1n) is 5.51. The van der Waals surface area contributed by atoms with Crippen molar-refractivity contribution in [3.63, 3.8) is 0 Å². The van der Waals surface area contributed by atoms with Crippen LogP contribution in [0.25, 0.3) is 0 Å². The molecule has 0 unspecified atom stereocenters. The van der Waals surface area contributed by atoms with E-state index in [9.17, 15) is 9.18 Å². The molecule has 0 aliphatic carbocycles. The van der Waals surface area contributed by atoms with Crippen molar-refractivity contribution < 1.29 is 9.18 Å². The third-order valence-corrected chi connectivity index (χ3v) is 2.96. The molecule has 0 fully saturated rings. The molecule has 0 atom stereocenters. The summed E-state index contributed by atoms with van der Waals surface area (Å²) in [5.74, 6) is -0.987. The third kappa shape index (κ3) is 3.36. The van der Waals surface area contributed by atoms with Gasteiger partial charge in [0.15, 0.2) is 0 Å². The second-order valence-electron chi connectivity index (χ2n) is 3.83. The van der Waals surface area contributed by atoms with E-state index >= 15 is 0 Å². The highest BCUT2D eigenvalue weighted by molar-refractivity contribution is 9.10. The van der Waals surface area contributed by atoms with Gasteiger partial charge in [-0.3, -0.25) is 9.78 Å². The maximum absolute atomic E-state index is 13.5. The molecule has 1 heterocycles. The first-order chi connectivity index (χ1) is 9.10. The minimum atomic E-state index is -0.508. The van der Waals surface area contributed by atoms with E-state index in [4.69, 9.17) is 5.73 Å². The molecule has 2 rings (SSSR count). The van der Waals surface area contributed by atoms with Crippen LogP contribution in [0.1, 0.15) is 16.1 Å². The van der Waals surface area contributed by atoms with Crippen LogP contribution in [-0.2, 0) is 6.54 Å². The standard InChI is InChI=1S/C13H11BrFN3O/c14-9-1-2-10(15)11(6-9)18-13(19)12-5-8(7-16)3-4-17-12/h1-6H,7,16H2,(H,18,19). The lowest BCUT2D eigenvalue weighted by molar-refractivity contribution is 0.102. The first kappa shape index (κ1) is 13.6. The molecule has 1 aromatic heterocycles. The number of hydrogen-bond donors (Lipinski definition) is 2. The van der Waals surface area contributed by atoms with Gasteiger partial charge in [0, 0.05) is 17.2 Å². The highest BCUT2D eigenvalue weighted by atomic mass is 79.9. The fourth-order valence-corrected chi connectivity index (χ4v) is 1.87. The largest absolute Gasteiger partial charge is 0.326 e. The zero-order valence-corrected chi connectivity index (χ0v) is 11.4. The van der Waals surface area contributed by atoms with Crippen LogP contribution >= 0.6 is 15.9 Å². The number of nitrogens with two attached hydrogens (primary N) is 1. The van der Waals surface area contributed by atoms with Crippen molar-refractivity contribution in [2.75, 3.05) is 5.32 Å². The number of nitrogens with one attached hydrogen (secondary N) is 1. The lowest BCUT2D eigenvalue weighted by Gasteiger charge is -2.07. The van der Waals surface area contributed by atoms with Gasteiger partial charge in [0.2, 0.25) is 0 Å². The minimum Gasteiger partial charge on any atom is -0.326 e. The molecule has 0 aliphatic rings. The summed E-state index contributed by atoms with van der Waals surface area (Å²) in [7, 11) is 0. The maximum Gasteiger partial charge on any atom is 0.274 e. The van der Waals surface area contributed by atoms with Gasteiger partial charge < -0.3 is 11.1 Å². The van der Waals surface area contributed by atoms with Crippen molar-refractivity contribution in [3.05, 3.63) is 58.1 Å². The second kappa shape index (κ2) is 5.90. The Labute approximate surface area is 118 Å². The summed E-state index contributed by atoms with van der Waals surface area (Å²) in [6, 6.07) is 7.60. The molecular formula is C13H11BrFN3O. The Balaban J connectivity index is 2.22. The number of rotatable bonds is 3. The Morgan fingerprint density at radius 2 is 2.16 bits per heavy atom. The lowest BCUT2D eigenvalue weighted by atomic mass is 10.2. The number of anilines is 1. The molecule has 2 aromatic rings. The van der Waals surface area contributed by atoms with E-state index in [0.717, 1.165) is 5.56 Å². The van der Waals surface area contributed by atoms with Gasteiger partial charge in [0.1, 0.15) is 11.5 Å². The third-order valence-electron chi connectivity index (χ3n) is 2.47. The summed E-state index contributed by atoms with van der Waals surface area (Å²) in [5, 5.41) is 2.47. The van der Waals surface area contributed by atoms with Crippen molar-refractivity contribution in [2.45, 2.75) is 6.54 Å². The molecule has 0 bridgehead atoms. The molecule has 1 aromatic carbocycles. The molecule has 0 spiro atoms. The molecule has 0 saturated heterocycles. The quantitative estimate of drug-likeness (QED) is 0.912. The predicted octanol–water partition coefficient (Wildman–Crippen LogP) is 2.69. The lowest BCUT2D eigenvalue weighted by Crippen LogP contribution is -2.15. The van der Waals surface area contributed by atoms with Crippen LogP contribution < -0.4 is 11.1 Å². The smallest absolute Gasteiger partial charge is 0.274 e. The van der Waals surface area contributed by atoms with Crippen LogP contribution in [-0.4, -0.2) is 10.9 Å². The number of nitrogens with zero attached hydrogens (tertiary/aromatic N) is 1. The molecule has 98 valence electrons. The van der Waals surface area contributed by atoms with Crippen LogP contribution in [0, 0.1) is 5.82 Å². The molecule has 3 N–H and O–H groups in total. The number of carbonyl (C=O) groups is 1. The molecule has 0 saturated carbocycles. The average Bonchev–Trinajstić information content (AvgIpc) is 2.43. The maximum atomic E-state index is 13.5. The Hall–Kier alpha value is -1.79. The van der Waals surface area contributed by atoms with Crippen LogP contribution in [0.4, 0.5) is 10.1 Å². The molecule has 0 radical (unpaired) electrons. The Morgan fingerprint density at radius 3 is 2.89 bits per heavy atom. The fraction of sp³-hybridized carbons (Fsp3) is 0.0769. The van der Waals surface area contributed by atoms with Crippen LogP contribution in [0.15, 0.2) is 41.0 Å². The second-order valence-corrected chi connectivity index (χ2v) is 4.75. The van der Waals surface area contributed by atoms with Crippen molar-refractivity contribution >= 4 is 27.5 Å². The van der Waals surface area contributed by atoms with Gasteiger partial charge >= 0.3 is 0 Å². The molecule has 1 amide bonds. The van der Waals surface area contributed by atoms with Crippen LogP contribution in [0.2, 0.25) is 0 Å². The van der Waals surface area contributed by atoms with Crippen molar-refractivity contribution in [2.24, 2.45) is 5.73 Å². The number of aromatic nitrogens is 1. The van der Waals surface area contributed by atoms with E-state index in [1.807, 2.05) is 0 Å².